The van der Waals surface area contributed by atoms with Crippen LogP contribution in [0.3, 0.4) is 0 Å². The average molecular weight is 403 g/mol. The van der Waals surface area contributed by atoms with Crippen LogP contribution in [-0.4, -0.2) is 16.2 Å². The molecule has 0 spiro atoms. The summed E-state index contributed by atoms with van der Waals surface area (Å²) >= 11 is 6.05. The van der Waals surface area contributed by atoms with Gasteiger partial charge in [0.25, 0.3) is 5.56 Å². The molecule has 0 saturated carbocycles. The highest BCUT2D eigenvalue weighted by Crippen LogP contribution is 2.31. The summed E-state index contributed by atoms with van der Waals surface area (Å²) < 4.78 is 31.4. The van der Waals surface area contributed by atoms with Crippen molar-refractivity contribution in [1.82, 2.24) is 9.55 Å². The summed E-state index contributed by atoms with van der Waals surface area (Å²) in [6.07, 6.45) is 2.60. The second kappa shape index (κ2) is 7.02. The fraction of sp³-hybridized carbons (Fsp3) is 0.238. The van der Waals surface area contributed by atoms with Gasteiger partial charge in [-0.1, -0.05) is 11.6 Å². The van der Waals surface area contributed by atoms with Crippen LogP contribution in [0.25, 0.3) is 22.6 Å². The van der Waals surface area contributed by atoms with Crippen LogP contribution in [0.1, 0.15) is 28.9 Å². The van der Waals surface area contributed by atoms with E-state index in [-0.39, 0.29) is 11.3 Å². The number of rotatable bonds is 3. The molecule has 0 saturated heterocycles. The van der Waals surface area contributed by atoms with E-state index in [2.05, 4.69) is 9.72 Å². The van der Waals surface area contributed by atoms with Crippen LogP contribution in [-0.2, 0) is 6.54 Å². The molecule has 0 unspecified atom stereocenters. The fourth-order valence-electron chi connectivity index (χ4n) is 3.67. The van der Waals surface area contributed by atoms with Gasteiger partial charge in [-0.25, -0.2) is 4.98 Å². The molecule has 0 fully saturated rings. The van der Waals surface area contributed by atoms with Gasteiger partial charge in [0.2, 0.25) is 0 Å². The third kappa shape index (κ3) is 3.29. The molecular formula is C21H17ClF2N2O2. The first kappa shape index (κ1) is 18.6. The molecule has 28 heavy (non-hydrogen) atoms. The van der Waals surface area contributed by atoms with Gasteiger partial charge < -0.3 is 4.74 Å². The predicted octanol–water partition coefficient (Wildman–Crippen LogP) is 5.21. The molecule has 0 aliphatic carbocycles. The van der Waals surface area contributed by atoms with Gasteiger partial charge in [-0.05, 0) is 78.9 Å². The number of aryl methyl sites for hydroxylation is 2. The molecule has 2 heterocycles. The van der Waals surface area contributed by atoms with Crippen molar-refractivity contribution < 1.29 is 13.5 Å². The molecule has 0 atom stereocenters. The van der Waals surface area contributed by atoms with Crippen molar-refractivity contribution in [2.75, 3.05) is 0 Å². The Morgan fingerprint density at radius 1 is 1.21 bits per heavy atom. The number of aromatic nitrogens is 2. The highest BCUT2D eigenvalue weighted by molar-refractivity contribution is 6.31. The largest absolute Gasteiger partial charge is 0.434 e. The van der Waals surface area contributed by atoms with Gasteiger partial charge in [-0.2, -0.15) is 8.78 Å². The highest BCUT2D eigenvalue weighted by atomic mass is 35.5. The van der Waals surface area contributed by atoms with Crippen LogP contribution >= 0.6 is 11.6 Å². The lowest BCUT2D eigenvalue weighted by atomic mass is 10.0. The number of fused-ring (bicyclic) bond motifs is 2. The van der Waals surface area contributed by atoms with Crippen molar-refractivity contribution in [2.45, 2.75) is 33.4 Å². The molecule has 0 N–H and O–H groups in total. The number of benzene rings is 2. The molecule has 3 aromatic rings. The Kier molecular flexibility index (Phi) is 4.67. The molecule has 0 bridgehead atoms. The van der Waals surface area contributed by atoms with Crippen LogP contribution in [0.5, 0.6) is 5.75 Å². The maximum atomic E-state index is 12.8. The van der Waals surface area contributed by atoms with Gasteiger partial charge in [0.15, 0.2) is 0 Å². The first-order chi connectivity index (χ1) is 13.3. The molecule has 144 valence electrons. The van der Waals surface area contributed by atoms with Crippen molar-refractivity contribution in [3.05, 3.63) is 68.2 Å². The zero-order valence-corrected chi connectivity index (χ0v) is 16.1. The highest BCUT2D eigenvalue weighted by Gasteiger charge is 2.21. The molecular weight excluding hydrogens is 386 g/mol. The first-order valence-corrected chi connectivity index (χ1v) is 9.18. The summed E-state index contributed by atoms with van der Waals surface area (Å²) in [5.74, 6) is 0.807. The van der Waals surface area contributed by atoms with Gasteiger partial charge in [-0.3, -0.25) is 9.36 Å². The number of alkyl halides is 2. The Hall–Kier alpha value is -2.73. The van der Waals surface area contributed by atoms with E-state index in [1.165, 1.54) is 0 Å². The molecule has 1 aliphatic rings. The van der Waals surface area contributed by atoms with Crippen LogP contribution < -0.4 is 10.3 Å². The van der Waals surface area contributed by atoms with Gasteiger partial charge in [0.1, 0.15) is 11.6 Å². The van der Waals surface area contributed by atoms with E-state index in [4.69, 9.17) is 11.6 Å². The Morgan fingerprint density at radius 2 is 1.93 bits per heavy atom. The van der Waals surface area contributed by atoms with Crippen LogP contribution in [0.15, 0.2) is 35.1 Å². The van der Waals surface area contributed by atoms with Crippen molar-refractivity contribution in [1.29, 1.82) is 0 Å². The second-order valence-corrected chi connectivity index (χ2v) is 7.27. The zero-order chi connectivity index (χ0) is 20.0. The summed E-state index contributed by atoms with van der Waals surface area (Å²) in [5.41, 5.74) is 3.49. The lowest BCUT2D eigenvalue weighted by molar-refractivity contribution is -0.0507. The van der Waals surface area contributed by atoms with Gasteiger partial charge in [-0.15, -0.1) is 0 Å². The van der Waals surface area contributed by atoms with E-state index in [0.29, 0.717) is 45.8 Å². The quantitative estimate of drug-likeness (QED) is 0.603. The van der Waals surface area contributed by atoms with E-state index in [0.717, 1.165) is 11.1 Å². The molecule has 4 nitrogen and oxygen atoms in total. The number of ether oxygens (including phenoxy) is 1. The van der Waals surface area contributed by atoms with E-state index in [1.54, 1.807) is 48.7 Å². The molecule has 0 amide bonds. The smallest absolute Gasteiger partial charge is 0.387 e. The summed E-state index contributed by atoms with van der Waals surface area (Å²) in [5, 5.41) is 1.06. The molecule has 7 heteroatoms. The van der Waals surface area contributed by atoms with Gasteiger partial charge in [0.05, 0.1) is 10.9 Å². The molecule has 1 aliphatic heterocycles. The minimum absolute atomic E-state index is 0.0897. The third-order valence-corrected chi connectivity index (χ3v) is 5.07. The predicted molar refractivity (Wildman–Crippen MR) is 106 cm³/mol. The van der Waals surface area contributed by atoms with Crippen molar-refractivity contribution in [2.24, 2.45) is 0 Å². The number of allylic oxidation sites excluding steroid dienone is 1. The Bertz CT molecular complexity index is 1160. The fourth-order valence-corrected chi connectivity index (χ4v) is 3.84. The third-order valence-electron chi connectivity index (χ3n) is 4.84. The van der Waals surface area contributed by atoms with Crippen LogP contribution in [0.2, 0.25) is 5.02 Å². The zero-order valence-electron chi connectivity index (χ0n) is 15.3. The lowest BCUT2D eigenvalue weighted by Crippen LogP contribution is -2.20. The van der Waals surface area contributed by atoms with Crippen LogP contribution in [0.4, 0.5) is 8.78 Å². The first-order valence-electron chi connectivity index (χ1n) is 8.80. The van der Waals surface area contributed by atoms with Crippen molar-refractivity contribution in [3.8, 4) is 5.75 Å². The van der Waals surface area contributed by atoms with E-state index >= 15 is 0 Å². The van der Waals surface area contributed by atoms with Crippen molar-refractivity contribution >= 4 is 34.2 Å². The average Bonchev–Trinajstić information content (AvgIpc) is 3.01. The molecule has 1 aromatic heterocycles. The van der Waals surface area contributed by atoms with E-state index in [1.807, 2.05) is 6.08 Å². The lowest BCUT2D eigenvalue weighted by Gasteiger charge is -2.12. The summed E-state index contributed by atoms with van der Waals surface area (Å²) in [6, 6.07) is 8.63. The molecule has 0 radical (unpaired) electrons. The SMILES string of the molecule is Cc1cc(/C=C2\CCn3c2nc2cc(Cl)ccc2c3=O)cc(C)c1OC(F)F. The Balaban J connectivity index is 1.80. The number of hydrogen-bond acceptors (Lipinski definition) is 3. The van der Waals surface area contributed by atoms with Gasteiger partial charge in [0, 0.05) is 11.6 Å². The monoisotopic (exact) mass is 402 g/mol. The van der Waals surface area contributed by atoms with E-state index < -0.39 is 6.61 Å². The van der Waals surface area contributed by atoms with Crippen molar-refractivity contribution in [3.63, 3.8) is 0 Å². The normalized spacial score (nSPS) is 14.9. The summed E-state index contributed by atoms with van der Waals surface area (Å²) in [4.78, 5) is 17.4. The number of halogens is 3. The second-order valence-electron chi connectivity index (χ2n) is 6.84. The minimum Gasteiger partial charge on any atom is -0.434 e. The minimum atomic E-state index is -2.86. The van der Waals surface area contributed by atoms with Crippen LogP contribution in [0, 0.1) is 13.8 Å². The maximum Gasteiger partial charge on any atom is 0.387 e. The summed E-state index contributed by atoms with van der Waals surface area (Å²) in [6.45, 7) is 1.15. The number of nitrogens with zero attached hydrogens (tertiary/aromatic N) is 2. The standard InChI is InChI=1S/C21H17ClF2N2O2/c1-11-7-13(8-12(2)18(11)28-21(23)24)9-14-5-6-26-19(14)25-17-10-15(22)3-4-16(17)20(26)27/h3-4,7-10,21H,5-6H2,1-2H3/b14-9+. The molecule has 4 rings (SSSR count). The number of hydrogen-bond donors (Lipinski definition) is 0. The van der Waals surface area contributed by atoms with Gasteiger partial charge >= 0.3 is 6.61 Å². The topological polar surface area (TPSA) is 44.1 Å². The maximum absolute atomic E-state index is 12.8. The Morgan fingerprint density at radius 3 is 2.61 bits per heavy atom. The summed E-state index contributed by atoms with van der Waals surface area (Å²) in [7, 11) is 0. The Labute approximate surface area is 165 Å². The van der Waals surface area contributed by atoms with E-state index in [9.17, 15) is 13.6 Å². The molecule has 2 aromatic carbocycles.